The number of aromatic nitrogens is 2. The first-order valence-electron chi connectivity index (χ1n) is 8.74. The molecule has 4 rings (SSSR count). The van der Waals surface area contributed by atoms with Crippen molar-refractivity contribution in [2.75, 3.05) is 13.2 Å². The number of nitrogens with one attached hydrogen (secondary N) is 1. The molecule has 0 bridgehead atoms. The summed E-state index contributed by atoms with van der Waals surface area (Å²) in [6, 6.07) is 8.63. The lowest BCUT2D eigenvalue weighted by Crippen LogP contribution is -2.43. The van der Waals surface area contributed by atoms with Crippen LogP contribution in [0.5, 0.6) is 0 Å². The maximum atomic E-state index is 12.4. The van der Waals surface area contributed by atoms with Crippen LogP contribution in [0.3, 0.4) is 0 Å². The van der Waals surface area contributed by atoms with E-state index in [2.05, 4.69) is 10.3 Å². The lowest BCUT2D eigenvalue weighted by molar-refractivity contribution is 0.187. The van der Waals surface area contributed by atoms with Crippen LogP contribution in [0.15, 0.2) is 41.5 Å². The summed E-state index contributed by atoms with van der Waals surface area (Å²) in [5.41, 5.74) is 3.69. The third kappa shape index (κ3) is 3.28. The monoisotopic (exact) mass is 325 g/mol. The lowest BCUT2D eigenvalue weighted by Gasteiger charge is -2.29. The lowest BCUT2D eigenvalue weighted by atomic mass is 9.90. The van der Waals surface area contributed by atoms with Crippen LogP contribution in [-0.2, 0) is 24.1 Å². The topological polar surface area (TPSA) is 56.2 Å². The van der Waals surface area contributed by atoms with E-state index in [1.807, 2.05) is 22.8 Å². The van der Waals surface area contributed by atoms with Gasteiger partial charge >= 0.3 is 0 Å². The zero-order valence-electron chi connectivity index (χ0n) is 13.8. The van der Waals surface area contributed by atoms with Gasteiger partial charge in [0.15, 0.2) is 0 Å². The Morgan fingerprint density at radius 1 is 1.17 bits per heavy atom. The normalized spacial score (nSPS) is 23.2. The van der Waals surface area contributed by atoms with Gasteiger partial charge in [-0.1, -0.05) is 6.07 Å². The maximum Gasteiger partial charge on any atom is 0.251 e. The fourth-order valence-electron chi connectivity index (χ4n) is 3.81. The summed E-state index contributed by atoms with van der Waals surface area (Å²) in [6.45, 7) is 2.32. The molecule has 1 N–H and O–H groups in total. The molecule has 0 aromatic carbocycles. The molecule has 2 atom stereocenters. The summed E-state index contributed by atoms with van der Waals surface area (Å²) >= 11 is 0. The van der Waals surface area contributed by atoms with Crippen LogP contribution in [0.25, 0.3) is 0 Å². The van der Waals surface area contributed by atoms with E-state index in [0.717, 1.165) is 44.5 Å². The molecule has 2 aliphatic rings. The number of fused-ring (bicyclic) bond motifs is 1. The largest absolute Gasteiger partial charge is 0.380 e. The molecule has 1 fully saturated rings. The average molecular weight is 325 g/mol. The van der Waals surface area contributed by atoms with Crippen molar-refractivity contribution in [3.63, 3.8) is 0 Å². The van der Waals surface area contributed by atoms with Crippen LogP contribution in [0.4, 0.5) is 0 Å². The summed E-state index contributed by atoms with van der Waals surface area (Å²) in [7, 11) is 0. The van der Waals surface area contributed by atoms with Crippen molar-refractivity contribution in [3.8, 4) is 0 Å². The van der Waals surface area contributed by atoms with Crippen LogP contribution in [0.2, 0.25) is 0 Å². The van der Waals surface area contributed by atoms with Crippen LogP contribution in [-0.4, -0.2) is 34.8 Å². The van der Waals surface area contributed by atoms with E-state index in [-0.39, 0.29) is 5.56 Å². The summed E-state index contributed by atoms with van der Waals surface area (Å²) < 4.78 is 7.39. The van der Waals surface area contributed by atoms with Gasteiger partial charge < -0.3 is 14.6 Å². The van der Waals surface area contributed by atoms with Gasteiger partial charge in [0.2, 0.25) is 0 Å². The Morgan fingerprint density at radius 3 is 2.83 bits per heavy atom. The van der Waals surface area contributed by atoms with Crippen LogP contribution in [0.1, 0.15) is 29.7 Å². The van der Waals surface area contributed by atoms with Crippen LogP contribution >= 0.6 is 0 Å². The molecule has 2 aromatic heterocycles. The van der Waals surface area contributed by atoms with Crippen molar-refractivity contribution < 1.29 is 4.74 Å². The highest BCUT2D eigenvalue weighted by Crippen LogP contribution is 2.22. The van der Waals surface area contributed by atoms with Gasteiger partial charge in [-0.05, 0) is 48.9 Å². The Kier molecular flexibility index (Phi) is 4.45. The molecule has 126 valence electrons. The minimum Gasteiger partial charge on any atom is -0.380 e. The predicted molar refractivity (Wildman–Crippen MR) is 92.2 cm³/mol. The second kappa shape index (κ2) is 6.87. The molecule has 0 unspecified atom stereocenters. The van der Waals surface area contributed by atoms with Gasteiger partial charge in [0.05, 0.1) is 13.2 Å². The van der Waals surface area contributed by atoms with Crippen molar-refractivity contribution in [1.29, 1.82) is 0 Å². The first-order chi connectivity index (χ1) is 11.8. The molecule has 2 aromatic rings. The molecule has 0 amide bonds. The maximum absolute atomic E-state index is 12.4. The zero-order chi connectivity index (χ0) is 16.4. The van der Waals surface area contributed by atoms with Crippen molar-refractivity contribution in [2.45, 2.75) is 44.3 Å². The van der Waals surface area contributed by atoms with E-state index >= 15 is 0 Å². The van der Waals surface area contributed by atoms with Gasteiger partial charge in [-0.15, -0.1) is 0 Å². The fraction of sp³-hybridized carbons (Fsp3) is 0.474. The van der Waals surface area contributed by atoms with Crippen LogP contribution in [0, 0.1) is 0 Å². The highest BCUT2D eigenvalue weighted by molar-refractivity contribution is 5.27. The predicted octanol–water partition coefficient (Wildman–Crippen LogP) is 1.53. The first-order valence-corrected chi connectivity index (χ1v) is 8.74. The first kappa shape index (κ1) is 15.5. The van der Waals surface area contributed by atoms with Crippen molar-refractivity contribution in [3.05, 3.63) is 63.8 Å². The molecule has 5 nitrogen and oxygen atoms in total. The number of ether oxygens (including phenoxy) is 1. The van der Waals surface area contributed by atoms with E-state index in [0.29, 0.717) is 18.6 Å². The Balaban J connectivity index is 1.54. The Hall–Kier alpha value is -1.98. The van der Waals surface area contributed by atoms with E-state index in [1.54, 1.807) is 18.5 Å². The van der Waals surface area contributed by atoms with Gasteiger partial charge in [-0.2, -0.15) is 0 Å². The van der Waals surface area contributed by atoms with E-state index < -0.39 is 0 Å². The Morgan fingerprint density at radius 2 is 2.04 bits per heavy atom. The molecule has 1 aliphatic heterocycles. The van der Waals surface area contributed by atoms with Crippen molar-refractivity contribution in [1.82, 2.24) is 14.9 Å². The fourth-order valence-corrected chi connectivity index (χ4v) is 3.81. The quantitative estimate of drug-likeness (QED) is 0.926. The van der Waals surface area contributed by atoms with E-state index in [9.17, 15) is 4.79 Å². The summed E-state index contributed by atoms with van der Waals surface area (Å²) in [6.07, 6.45) is 7.66. The van der Waals surface area contributed by atoms with Gasteiger partial charge in [0.1, 0.15) is 0 Å². The van der Waals surface area contributed by atoms with Gasteiger partial charge in [-0.3, -0.25) is 9.78 Å². The minimum atomic E-state index is 0.0844. The second-order valence-corrected chi connectivity index (χ2v) is 6.75. The number of hydrogen-bond acceptors (Lipinski definition) is 4. The summed E-state index contributed by atoms with van der Waals surface area (Å²) in [5.74, 6) is 0. The van der Waals surface area contributed by atoms with Gasteiger partial charge in [-0.25, -0.2) is 0 Å². The molecule has 0 radical (unpaired) electrons. The molecular formula is C19H23N3O2. The molecule has 5 heteroatoms. The van der Waals surface area contributed by atoms with E-state index in [4.69, 9.17) is 4.74 Å². The number of hydrogen-bond donors (Lipinski definition) is 1. The summed E-state index contributed by atoms with van der Waals surface area (Å²) in [4.78, 5) is 16.4. The van der Waals surface area contributed by atoms with Crippen molar-refractivity contribution in [2.24, 2.45) is 0 Å². The third-order valence-electron chi connectivity index (χ3n) is 5.08. The summed E-state index contributed by atoms with van der Waals surface area (Å²) in [5, 5.41) is 3.72. The SMILES string of the molecule is O=c1ccc2c(n1Cc1ccncc1)CC[C@@H](N[C@H]1CCOC1)C2. The standard InChI is InChI=1S/C19H23N3O2/c23-19-4-1-15-11-16(21-17-7-10-24-13-17)2-3-18(15)22(19)12-14-5-8-20-9-6-14/h1,4-6,8-9,16-17,21H,2-3,7,10-13H2/t16-,17+/m1/s1. The van der Waals surface area contributed by atoms with Gasteiger partial charge in [0.25, 0.3) is 5.56 Å². The molecule has 24 heavy (non-hydrogen) atoms. The molecule has 0 saturated carbocycles. The molecule has 1 saturated heterocycles. The van der Waals surface area contributed by atoms with Crippen molar-refractivity contribution >= 4 is 0 Å². The zero-order valence-corrected chi connectivity index (χ0v) is 13.8. The van der Waals surface area contributed by atoms with Gasteiger partial charge in [0, 0.05) is 42.8 Å². The Labute approximate surface area is 141 Å². The second-order valence-electron chi connectivity index (χ2n) is 6.75. The highest BCUT2D eigenvalue weighted by atomic mass is 16.5. The average Bonchev–Trinajstić information content (AvgIpc) is 3.11. The number of nitrogens with zero attached hydrogens (tertiary/aromatic N) is 2. The third-order valence-corrected chi connectivity index (χ3v) is 5.08. The molecule has 3 heterocycles. The molecule has 1 aliphatic carbocycles. The minimum absolute atomic E-state index is 0.0844. The Bertz CT molecular complexity index is 751. The van der Waals surface area contributed by atoms with E-state index in [1.165, 1.54) is 11.3 Å². The highest BCUT2D eigenvalue weighted by Gasteiger charge is 2.25. The number of pyridine rings is 2. The molecular weight excluding hydrogens is 302 g/mol. The number of rotatable bonds is 4. The molecule has 0 spiro atoms. The van der Waals surface area contributed by atoms with Crippen LogP contribution < -0.4 is 10.9 Å². The smallest absolute Gasteiger partial charge is 0.251 e.